The zero-order valence-electron chi connectivity index (χ0n) is 9.24. The van der Waals surface area contributed by atoms with Gasteiger partial charge in [-0.15, -0.1) is 0 Å². The first kappa shape index (κ1) is 10.9. The largest absolute Gasteiger partial charge is 0.275 e. The van der Waals surface area contributed by atoms with Crippen LogP contribution in [0.15, 0.2) is 31.1 Å². The highest BCUT2D eigenvalue weighted by Crippen LogP contribution is 2.23. The Morgan fingerprint density at radius 2 is 2.12 bits per heavy atom. The fourth-order valence-corrected chi connectivity index (χ4v) is 1.80. The average molecular weight is 234 g/mol. The van der Waals surface area contributed by atoms with Gasteiger partial charge in [0.2, 0.25) is 0 Å². The number of aryl methyl sites for hydroxylation is 2. The van der Waals surface area contributed by atoms with E-state index in [0.29, 0.717) is 5.15 Å². The molecule has 0 spiro atoms. The first-order valence-corrected chi connectivity index (χ1v) is 5.26. The molecule has 2 rings (SSSR count). The van der Waals surface area contributed by atoms with Gasteiger partial charge in [0.1, 0.15) is 5.15 Å². The summed E-state index contributed by atoms with van der Waals surface area (Å²) in [6.07, 6.45) is 3.71. The molecule has 0 aliphatic carbocycles. The smallest absolute Gasteiger partial charge is 0.129 e. The second-order valence-electron chi connectivity index (χ2n) is 3.70. The van der Waals surface area contributed by atoms with E-state index < -0.39 is 0 Å². The van der Waals surface area contributed by atoms with E-state index >= 15 is 0 Å². The van der Waals surface area contributed by atoms with Gasteiger partial charge in [-0.25, -0.2) is 4.98 Å². The number of aromatic nitrogens is 3. The van der Waals surface area contributed by atoms with Gasteiger partial charge in [-0.2, -0.15) is 5.10 Å². The highest BCUT2D eigenvalue weighted by molar-refractivity contribution is 6.29. The molecule has 2 aromatic rings. The number of nitrogens with zero attached hydrogens (tertiary/aromatic N) is 3. The highest BCUT2D eigenvalue weighted by Gasteiger charge is 2.06. The highest BCUT2D eigenvalue weighted by atomic mass is 35.5. The second kappa shape index (κ2) is 4.10. The van der Waals surface area contributed by atoms with E-state index in [1.165, 1.54) is 0 Å². The maximum Gasteiger partial charge on any atom is 0.129 e. The zero-order valence-corrected chi connectivity index (χ0v) is 9.99. The van der Waals surface area contributed by atoms with Crippen molar-refractivity contribution in [1.82, 2.24) is 14.8 Å². The van der Waals surface area contributed by atoms with Crippen LogP contribution in [-0.2, 0) is 7.05 Å². The number of rotatable bonds is 2. The van der Waals surface area contributed by atoms with Crippen molar-refractivity contribution in [3.63, 3.8) is 0 Å². The van der Waals surface area contributed by atoms with Crippen molar-refractivity contribution in [1.29, 1.82) is 0 Å². The van der Waals surface area contributed by atoms with Crippen LogP contribution < -0.4 is 0 Å². The van der Waals surface area contributed by atoms with E-state index in [1.807, 2.05) is 32.3 Å². The molecule has 2 heterocycles. The van der Waals surface area contributed by atoms with Crippen molar-refractivity contribution in [2.45, 2.75) is 6.92 Å². The van der Waals surface area contributed by atoms with Crippen LogP contribution >= 0.6 is 11.6 Å². The Morgan fingerprint density at radius 3 is 2.69 bits per heavy atom. The molecule has 0 aromatic carbocycles. The summed E-state index contributed by atoms with van der Waals surface area (Å²) in [4.78, 5) is 4.12. The summed E-state index contributed by atoms with van der Waals surface area (Å²) in [7, 11) is 1.88. The van der Waals surface area contributed by atoms with Crippen molar-refractivity contribution in [3.05, 3.63) is 53.1 Å². The van der Waals surface area contributed by atoms with Crippen LogP contribution in [0.4, 0.5) is 0 Å². The Morgan fingerprint density at radius 1 is 1.38 bits per heavy atom. The predicted molar refractivity (Wildman–Crippen MR) is 65.3 cm³/mol. The molecule has 2 aromatic heterocycles. The van der Waals surface area contributed by atoms with E-state index in [2.05, 4.69) is 16.7 Å². The molecule has 0 atom stereocenters. The molecule has 0 bridgehead atoms. The standard InChI is InChI=1S/C12H12ClN3/c1-8-4-10(5-12(13)15-8)9(2)11-6-14-16(3)7-11/h4-7H,2H2,1,3H3. The van der Waals surface area contributed by atoms with Crippen molar-refractivity contribution in [2.24, 2.45) is 7.05 Å². The topological polar surface area (TPSA) is 30.7 Å². The third-order valence-corrected chi connectivity index (χ3v) is 2.52. The molecule has 0 unspecified atom stereocenters. The fraction of sp³-hybridized carbons (Fsp3) is 0.167. The van der Waals surface area contributed by atoms with Crippen molar-refractivity contribution in [2.75, 3.05) is 0 Å². The summed E-state index contributed by atoms with van der Waals surface area (Å²) in [6.45, 7) is 5.96. The normalized spacial score (nSPS) is 10.4. The molecule has 0 radical (unpaired) electrons. The molecule has 0 aliphatic rings. The fourth-order valence-electron chi connectivity index (χ4n) is 1.55. The Balaban J connectivity index is 2.41. The number of hydrogen-bond acceptors (Lipinski definition) is 2. The molecule has 0 saturated carbocycles. The molecule has 4 heteroatoms. The average Bonchev–Trinajstić information content (AvgIpc) is 2.62. The third kappa shape index (κ3) is 2.14. The molecule has 0 saturated heterocycles. The van der Waals surface area contributed by atoms with Gasteiger partial charge < -0.3 is 0 Å². The molecule has 16 heavy (non-hydrogen) atoms. The summed E-state index contributed by atoms with van der Waals surface area (Å²) in [5.74, 6) is 0. The lowest BCUT2D eigenvalue weighted by Crippen LogP contribution is -1.89. The number of hydrogen-bond donors (Lipinski definition) is 0. The summed E-state index contributed by atoms with van der Waals surface area (Å²) in [6, 6.07) is 3.77. The Labute approximate surface area is 99.4 Å². The summed E-state index contributed by atoms with van der Waals surface area (Å²) < 4.78 is 1.75. The number of pyridine rings is 1. The summed E-state index contributed by atoms with van der Waals surface area (Å²) in [5, 5.41) is 4.60. The van der Waals surface area contributed by atoms with Gasteiger partial charge in [-0.1, -0.05) is 18.2 Å². The third-order valence-electron chi connectivity index (χ3n) is 2.32. The SMILES string of the molecule is C=C(c1cc(C)nc(Cl)c1)c1cnn(C)c1. The Hall–Kier alpha value is -1.61. The molecular weight excluding hydrogens is 222 g/mol. The van der Waals surface area contributed by atoms with Crippen LogP contribution in [0.1, 0.15) is 16.8 Å². The molecule has 0 N–H and O–H groups in total. The van der Waals surface area contributed by atoms with Gasteiger partial charge in [-0.05, 0) is 30.2 Å². The minimum atomic E-state index is 0.486. The maximum absolute atomic E-state index is 5.91. The summed E-state index contributed by atoms with van der Waals surface area (Å²) in [5.41, 5.74) is 3.75. The Kier molecular flexibility index (Phi) is 2.79. The molecule has 82 valence electrons. The zero-order chi connectivity index (χ0) is 11.7. The van der Waals surface area contributed by atoms with E-state index in [4.69, 9.17) is 11.6 Å². The van der Waals surface area contributed by atoms with Crippen molar-refractivity contribution >= 4 is 17.2 Å². The van der Waals surface area contributed by atoms with Gasteiger partial charge in [-0.3, -0.25) is 4.68 Å². The first-order chi connectivity index (χ1) is 7.56. The molecule has 0 amide bonds. The van der Waals surface area contributed by atoms with E-state index in [0.717, 1.165) is 22.4 Å². The van der Waals surface area contributed by atoms with E-state index in [1.54, 1.807) is 10.9 Å². The van der Waals surface area contributed by atoms with Crippen LogP contribution in [0.5, 0.6) is 0 Å². The minimum absolute atomic E-state index is 0.486. The monoisotopic (exact) mass is 233 g/mol. The maximum atomic E-state index is 5.91. The van der Waals surface area contributed by atoms with Crippen molar-refractivity contribution in [3.8, 4) is 0 Å². The lowest BCUT2D eigenvalue weighted by Gasteiger charge is -2.04. The Bertz CT molecular complexity index is 523. The van der Waals surface area contributed by atoms with Crippen LogP contribution in [0, 0.1) is 6.92 Å². The van der Waals surface area contributed by atoms with E-state index in [-0.39, 0.29) is 0 Å². The van der Waals surface area contributed by atoms with Crippen LogP contribution in [0.25, 0.3) is 5.57 Å². The van der Waals surface area contributed by atoms with Crippen molar-refractivity contribution < 1.29 is 0 Å². The lowest BCUT2D eigenvalue weighted by molar-refractivity contribution is 0.767. The predicted octanol–water partition coefficient (Wildman–Crippen LogP) is 2.84. The minimum Gasteiger partial charge on any atom is -0.275 e. The van der Waals surface area contributed by atoms with E-state index in [9.17, 15) is 0 Å². The number of halogens is 1. The van der Waals surface area contributed by atoms with Gasteiger partial charge >= 0.3 is 0 Å². The van der Waals surface area contributed by atoms with Crippen LogP contribution in [-0.4, -0.2) is 14.8 Å². The molecule has 0 aliphatic heterocycles. The molecule has 0 fully saturated rings. The lowest BCUT2D eigenvalue weighted by atomic mass is 10.0. The first-order valence-electron chi connectivity index (χ1n) is 4.89. The van der Waals surface area contributed by atoms with Gasteiger partial charge in [0, 0.05) is 24.5 Å². The van der Waals surface area contributed by atoms with Crippen LogP contribution in [0.3, 0.4) is 0 Å². The van der Waals surface area contributed by atoms with Gasteiger partial charge in [0.05, 0.1) is 6.20 Å². The van der Waals surface area contributed by atoms with Crippen LogP contribution in [0.2, 0.25) is 5.15 Å². The van der Waals surface area contributed by atoms with Gasteiger partial charge in [0.25, 0.3) is 0 Å². The molecule has 3 nitrogen and oxygen atoms in total. The summed E-state index contributed by atoms with van der Waals surface area (Å²) >= 11 is 5.91. The molecular formula is C12H12ClN3. The second-order valence-corrected chi connectivity index (χ2v) is 4.09. The quantitative estimate of drug-likeness (QED) is 0.747. The van der Waals surface area contributed by atoms with Gasteiger partial charge in [0.15, 0.2) is 0 Å².